The van der Waals surface area contributed by atoms with Gasteiger partial charge in [-0.1, -0.05) is 30.3 Å². The molecular formula is C16H24N2O2. The lowest BCUT2D eigenvalue weighted by molar-refractivity contribution is -0.137. The Morgan fingerprint density at radius 3 is 2.90 bits per heavy atom. The second-order valence-electron chi connectivity index (χ2n) is 5.71. The maximum absolute atomic E-state index is 10.6. The van der Waals surface area contributed by atoms with Gasteiger partial charge in [0.15, 0.2) is 0 Å². The molecule has 2 rings (SSSR count). The van der Waals surface area contributed by atoms with Crippen LogP contribution in [-0.4, -0.2) is 41.1 Å². The maximum Gasteiger partial charge on any atom is 0.303 e. The van der Waals surface area contributed by atoms with Crippen molar-refractivity contribution in [2.45, 2.75) is 44.8 Å². The van der Waals surface area contributed by atoms with E-state index in [2.05, 4.69) is 41.4 Å². The van der Waals surface area contributed by atoms with Crippen LogP contribution in [0.4, 0.5) is 0 Å². The fourth-order valence-corrected chi connectivity index (χ4v) is 2.78. The number of carboxylic acid groups (broad SMARTS) is 1. The lowest BCUT2D eigenvalue weighted by Crippen LogP contribution is -2.38. The molecule has 0 amide bonds. The van der Waals surface area contributed by atoms with Crippen molar-refractivity contribution in [2.24, 2.45) is 0 Å². The van der Waals surface area contributed by atoms with Crippen LogP contribution in [0.2, 0.25) is 0 Å². The third-order valence-corrected chi connectivity index (χ3v) is 3.83. The second-order valence-corrected chi connectivity index (χ2v) is 5.71. The summed E-state index contributed by atoms with van der Waals surface area (Å²) in [6.07, 6.45) is 2.09. The van der Waals surface area contributed by atoms with E-state index in [0.717, 1.165) is 26.1 Å². The quantitative estimate of drug-likeness (QED) is 0.801. The number of nitrogens with one attached hydrogen (secondary N) is 1. The van der Waals surface area contributed by atoms with E-state index >= 15 is 0 Å². The zero-order chi connectivity index (χ0) is 14.4. The Bertz CT molecular complexity index is 422. The summed E-state index contributed by atoms with van der Waals surface area (Å²) < 4.78 is 0. The Hall–Kier alpha value is -1.39. The van der Waals surface area contributed by atoms with Gasteiger partial charge in [0.25, 0.3) is 0 Å². The van der Waals surface area contributed by atoms with E-state index in [1.165, 1.54) is 5.56 Å². The van der Waals surface area contributed by atoms with Gasteiger partial charge in [-0.15, -0.1) is 0 Å². The first-order chi connectivity index (χ1) is 9.63. The number of nitrogens with zero attached hydrogens (tertiary/aromatic N) is 1. The van der Waals surface area contributed by atoms with E-state index in [1.807, 2.05) is 6.07 Å². The monoisotopic (exact) mass is 276 g/mol. The van der Waals surface area contributed by atoms with Crippen molar-refractivity contribution in [3.05, 3.63) is 35.9 Å². The molecule has 2 N–H and O–H groups in total. The molecule has 2 atom stereocenters. The van der Waals surface area contributed by atoms with Crippen LogP contribution in [-0.2, 0) is 11.3 Å². The van der Waals surface area contributed by atoms with Crippen molar-refractivity contribution < 1.29 is 9.90 Å². The lowest BCUT2D eigenvalue weighted by Gasteiger charge is -2.20. The number of rotatable bonds is 7. The zero-order valence-corrected chi connectivity index (χ0v) is 12.1. The molecule has 1 aliphatic rings. The molecule has 20 heavy (non-hydrogen) atoms. The van der Waals surface area contributed by atoms with Gasteiger partial charge in [-0.3, -0.25) is 9.69 Å². The van der Waals surface area contributed by atoms with Gasteiger partial charge in [0.2, 0.25) is 0 Å². The lowest BCUT2D eigenvalue weighted by atomic mass is 10.1. The van der Waals surface area contributed by atoms with Gasteiger partial charge in [-0.2, -0.15) is 0 Å². The zero-order valence-electron chi connectivity index (χ0n) is 12.1. The maximum atomic E-state index is 10.6. The first-order valence-corrected chi connectivity index (χ1v) is 7.37. The molecule has 4 heteroatoms. The van der Waals surface area contributed by atoms with E-state index in [0.29, 0.717) is 12.5 Å². The van der Waals surface area contributed by atoms with Crippen LogP contribution in [0, 0.1) is 0 Å². The van der Waals surface area contributed by atoms with Crippen LogP contribution >= 0.6 is 0 Å². The first-order valence-electron chi connectivity index (χ1n) is 7.37. The van der Waals surface area contributed by atoms with Crippen molar-refractivity contribution in [3.8, 4) is 0 Å². The summed E-state index contributed by atoms with van der Waals surface area (Å²) >= 11 is 0. The Kier molecular flexibility index (Phi) is 5.56. The number of likely N-dealkylation sites (tertiary alicyclic amines) is 1. The smallest absolute Gasteiger partial charge is 0.303 e. The first kappa shape index (κ1) is 15.0. The predicted molar refractivity (Wildman–Crippen MR) is 79.6 cm³/mol. The Labute approximate surface area is 120 Å². The SMILES string of the molecule is CC(CCC(=O)O)NC1CCN(Cc2ccccc2)C1. The Morgan fingerprint density at radius 1 is 1.45 bits per heavy atom. The molecule has 4 nitrogen and oxygen atoms in total. The number of aliphatic carboxylic acids is 1. The summed E-state index contributed by atoms with van der Waals surface area (Å²) in [7, 11) is 0. The summed E-state index contributed by atoms with van der Waals surface area (Å²) in [6, 6.07) is 11.3. The third-order valence-electron chi connectivity index (χ3n) is 3.83. The molecule has 110 valence electrons. The molecule has 0 aliphatic carbocycles. The molecule has 0 bridgehead atoms. The van der Waals surface area contributed by atoms with Crippen LogP contribution in [0.3, 0.4) is 0 Å². The number of hydrogen-bond donors (Lipinski definition) is 2. The van der Waals surface area contributed by atoms with Gasteiger partial charge < -0.3 is 10.4 Å². The summed E-state index contributed by atoms with van der Waals surface area (Å²) in [5.41, 5.74) is 1.35. The molecule has 0 saturated carbocycles. The van der Waals surface area contributed by atoms with E-state index in [-0.39, 0.29) is 12.5 Å². The van der Waals surface area contributed by atoms with Gasteiger partial charge in [0.1, 0.15) is 0 Å². The molecular weight excluding hydrogens is 252 g/mol. The second kappa shape index (κ2) is 7.41. The third kappa shape index (κ3) is 4.94. The molecule has 1 aromatic rings. The van der Waals surface area contributed by atoms with Crippen LogP contribution in [0.1, 0.15) is 31.7 Å². The number of carboxylic acids is 1. The molecule has 1 saturated heterocycles. The van der Waals surface area contributed by atoms with E-state index in [1.54, 1.807) is 0 Å². The van der Waals surface area contributed by atoms with Crippen LogP contribution < -0.4 is 5.32 Å². The van der Waals surface area contributed by atoms with Crippen molar-refractivity contribution in [3.63, 3.8) is 0 Å². The van der Waals surface area contributed by atoms with Crippen molar-refractivity contribution in [2.75, 3.05) is 13.1 Å². The average Bonchev–Trinajstić information content (AvgIpc) is 2.85. The van der Waals surface area contributed by atoms with Gasteiger partial charge in [0.05, 0.1) is 0 Å². The highest BCUT2D eigenvalue weighted by Crippen LogP contribution is 2.14. The number of carbonyl (C=O) groups is 1. The normalized spacial score (nSPS) is 20.9. The van der Waals surface area contributed by atoms with E-state index < -0.39 is 5.97 Å². The molecule has 2 unspecified atom stereocenters. The van der Waals surface area contributed by atoms with Crippen LogP contribution in [0.5, 0.6) is 0 Å². The van der Waals surface area contributed by atoms with Crippen molar-refractivity contribution >= 4 is 5.97 Å². The predicted octanol–water partition coefficient (Wildman–Crippen LogP) is 2.10. The number of hydrogen-bond acceptors (Lipinski definition) is 3. The Balaban J connectivity index is 1.71. The minimum Gasteiger partial charge on any atom is -0.481 e. The van der Waals surface area contributed by atoms with E-state index in [9.17, 15) is 4.79 Å². The standard InChI is InChI=1S/C16H24N2O2/c1-13(7-8-16(19)20)17-15-9-10-18(12-15)11-14-5-3-2-4-6-14/h2-6,13,15,17H,7-12H2,1H3,(H,19,20). The van der Waals surface area contributed by atoms with Crippen molar-refractivity contribution in [1.82, 2.24) is 10.2 Å². The molecule has 1 aliphatic heterocycles. The molecule has 1 aromatic carbocycles. The van der Waals surface area contributed by atoms with Gasteiger partial charge in [-0.05, 0) is 25.3 Å². The average molecular weight is 276 g/mol. The summed E-state index contributed by atoms with van der Waals surface area (Å²) in [5, 5.41) is 12.2. The summed E-state index contributed by atoms with van der Waals surface area (Å²) in [4.78, 5) is 13.0. The largest absolute Gasteiger partial charge is 0.481 e. The molecule has 1 heterocycles. The Morgan fingerprint density at radius 2 is 2.20 bits per heavy atom. The van der Waals surface area contributed by atoms with Crippen LogP contribution in [0.15, 0.2) is 30.3 Å². The highest BCUT2D eigenvalue weighted by atomic mass is 16.4. The topological polar surface area (TPSA) is 52.6 Å². The van der Waals surface area contributed by atoms with Gasteiger partial charge in [0, 0.05) is 38.1 Å². The molecule has 0 spiro atoms. The summed E-state index contributed by atoms with van der Waals surface area (Å²) in [5.74, 6) is -0.712. The van der Waals surface area contributed by atoms with Crippen LogP contribution in [0.25, 0.3) is 0 Å². The molecule has 1 fully saturated rings. The molecule has 0 aromatic heterocycles. The van der Waals surface area contributed by atoms with E-state index in [4.69, 9.17) is 5.11 Å². The summed E-state index contributed by atoms with van der Waals surface area (Å²) in [6.45, 7) is 5.23. The minimum atomic E-state index is -0.712. The number of benzene rings is 1. The van der Waals surface area contributed by atoms with Gasteiger partial charge >= 0.3 is 5.97 Å². The molecule has 0 radical (unpaired) electrons. The fraction of sp³-hybridized carbons (Fsp3) is 0.562. The van der Waals surface area contributed by atoms with Crippen molar-refractivity contribution in [1.29, 1.82) is 0 Å². The highest BCUT2D eigenvalue weighted by molar-refractivity contribution is 5.66. The van der Waals surface area contributed by atoms with Gasteiger partial charge in [-0.25, -0.2) is 0 Å². The fourth-order valence-electron chi connectivity index (χ4n) is 2.78. The highest BCUT2D eigenvalue weighted by Gasteiger charge is 2.23. The minimum absolute atomic E-state index is 0.245.